The average molecular weight is 370 g/mol. The van der Waals surface area contributed by atoms with Crippen LogP contribution < -0.4 is 0 Å². The maximum atomic E-state index is 12.2. The Morgan fingerprint density at radius 3 is 2.55 bits per heavy atom. The summed E-state index contributed by atoms with van der Waals surface area (Å²) in [7, 11) is 1.36. The second-order valence-corrected chi connectivity index (χ2v) is 7.09. The van der Waals surface area contributed by atoms with Crippen LogP contribution in [-0.4, -0.2) is 36.2 Å². The quantitative estimate of drug-likeness (QED) is 0.710. The highest BCUT2D eigenvalue weighted by atomic mass is 79.9. The third-order valence-corrected chi connectivity index (χ3v) is 4.07. The first kappa shape index (κ1) is 16.8. The summed E-state index contributed by atoms with van der Waals surface area (Å²) in [6.07, 6.45) is 0.361. The van der Waals surface area contributed by atoms with Crippen LogP contribution in [0.4, 0.5) is 4.79 Å². The minimum Gasteiger partial charge on any atom is -0.465 e. The molecule has 0 saturated carbocycles. The van der Waals surface area contributed by atoms with Crippen molar-refractivity contribution in [1.29, 1.82) is 0 Å². The minimum absolute atomic E-state index is 0.318. The highest BCUT2D eigenvalue weighted by Gasteiger charge is 2.27. The second kappa shape index (κ2) is 6.28. The number of nitrogens with zero attached hydrogens (tertiary/aromatic N) is 1. The standard InChI is InChI=1S/C16H20BrNO4/c1-16(2,3)22-15(20)18-6-5-10-7-11(14(19)21-4)8-13(17)12(10)9-18/h7-8H,5-6,9H2,1-4H3. The number of benzene rings is 1. The van der Waals surface area contributed by atoms with Crippen LogP contribution in [0.2, 0.25) is 0 Å². The lowest BCUT2D eigenvalue weighted by molar-refractivity contribution is 0.0223. The molecule has 0 radical (unpaired) electrons. The van der Waals surface area contributed by atoms with E-state index in [0.717, 1.165) is 15.6 Å². The van der Waals surface area contributed by atoms with Gasteiger partial charge in [-0.15, -0.1) is 0 Å². The first-order valence-corrected chi connectivity index (χ1v) is 7.88. The fourth-order valence-corrected chi connectivity index (χ4v) is 2.96. The molecule has 1 aromatic rings. The fraction of sp³-hybridized carbons (Fsp3) is 0.500. The van der Waals surface area contributed by atoms with Crippen LogP contribution in [0, 0.1) is 0 Å². The van der Waals surface area contributed by atoms with Gasteiger partial charge in [0.05, 0.1) is 19.2 Å². The van der Waals surface area contributed by atoms with E-state index in [2.05, 4.69) is 15.9 Å². The number of halogens is 1. The third-order valence-electron chi connectivity index (χ3n) is 3.36. The van der Waals surface area contributed by atoms with Gasteiger partial charge in [0, 0.05) is 11.0 Å². The van der Waals surface area contributed by atoms with Gasteiger partial charge in [-0.3, -0.25) is 0 Å². The molecule has 5 nitrogen and oxygen atoms in total. The van der Waals surface area contributed by atoms with Crippen LogP contribution in [0.3, 0.4) is 0 Å². The maximum Gasteiger partial charge on any atom is 0.410 e. The highest BCUT2D eigenvalue weighted by Crippen LogP contribution is 2.29. The molecule has 0 atom stereocenters. The van der Waals surface area contributed by atoms with Crippen LogP contribution >= 0.6 is 15.9 Å². The predicted octanol–water partition coefficient (Wildman–Crippen LogP) is 3.53. The van der Waals surface area contributed by atoms with Crippen molar-refractivity contribution in [3.05, 3.63) is 33.3 Å². The van der Waals surface area contributed by atoms with E-state index in [1.165, 1.54) is 7.11 Å². The largest absolute Gasteiger partial charge is 0.465 e. The number of esters is 1. The molecule has 1 aliphatic rings. The van der Waals surface area contributed by atoms with Crippen molar-refractivity contribution in [3.63, 3.8) is 0 Å². The number of ether oxygens (including phenoxy) is 2. The molecule has 0 unspecified atom stereocenters. The zero-order chi connectivity index (χ0) is 16.5. The van der Waals surface area contributed by atoms with Crippen LogP contribution in [0.5, 0.6) is 0 Å². The molecule has 0 aromatic heterocycles. The van der Waals surface area contributed by atoms with Crippen LogP contribution in [0.25, 0.3) is 0 Å². The second-order valence-electron chi connectivity index (χ2n) is 6.24. The van der Waals surface area contributed by atoms with Gasteiger partial charge in [0.25, 0.3) is 0 Å². The Morgan fingerprint density at radius 1 is 1.27 bits per heavy atom. The average Bonchev–Trinajstić information content (AvgIpc) is 2.44. The van der Waals surface area contributed by atoms with Crippen molar-refractivity contribution >= 4 is 28.0 Å². The van der Waals surface area contributed by atoms with Crippen molar-refractivity contribution in [2.75, 3.05) is 13.7 Å². The lowest BCUT2D eigenvalue weighted by Crippen LogP contribution is -2.40. The Balaban J connectivity index is 2.21. The number of carbonyl (C=O) groups is 2. The number of amides is 1. The van der Waals surface area contributed by atoms with Crippen molar-refractivity contribution in [1.82, 2.24) is 4.90 Å². The molecule has 0 aliphatic carbocycles. The van der Waals surface area contributed by atoms with Crippen LogP contribution in [0.1, 0.15) is 42.3 Å². The van der Waals surface area contributed by atoms with Crippen molar-refractivity contribution in [2.24, 2.45) is 0 Å². The van der Waals surface area contributed by atoms with E-state index >= 15 is 0 Å². The van der Waals surface area contributed by atoms with Crippen LogP contribution in [0.15, 0.2) is 16.6 Å². The molecule has 0 saturated heterocycles. The van der Waals surface area contributed by atoms with E-state index in [9.17, 15) is 9.59 Å². The van der Waals surface area contributed by atoms with Crippen molar-refractivity contribution < 1.29 is 19.1 Å². The van der Waals surface area contributed by atoms with Crippen LogP contribution in [-0.2, 0) is 22.4 Å². The first-order valence-electron chi connectivity index (χ1n) is 7.09. The number of hydrogen-bond acceptors (Lipinski definition) is 4. The Bertz CT molecular complexity index is 607. The molecule has 1 heterocycles. The van der Waals surface area contributed by atoms with Gasteiger partial charge in [-0.2, -0.15) is 0 Å². The monoisotopic (exact) mass is 369 g/mol. The first-order chi connectivity index (χ1) is 10.2. The normalized spacial score (nSPS) is 14.3. The summed E-state index contributed by atoms with van der Waals surface area (Å²) < 4.78 is 11.0. The summed E-state index contributed by atoms with van der Waals surface area (Å²) in [6, 6.07) is 3.56. The summed E-state index contributed by atoms with van der Waals surface area (Å²) in [4.78, 5) is 25.5. The summed E-state index contributed by atoms with van der Waals surface area (Å²) in [5, 5.41) is 0. The number of methoxy groups -OCH3 is 1. The Morgan fingerprint density at radius 2 is 1.95 bits per heavy atom. The van der Waals surface area contributed by atoms with Gasteiger partial charge in [0.15, 0.2) is 0 Å². The highest BCUT2D eigenvalue weighted by molar-refractivity contribution is 9.10. The molecular weight excluding hydrogens is 350 g/mol. The summed E-state index contributed by atoms with van der Waals surface area (Å²) in [5.41, 5.74) is 2.06. The Hall–Kier alpha value is -1.56. The lowest BCUT2D eigenvalue weighted by atomic mass is 9.97. The topological polar surface area (TPSA) is 55.8 Å². The molecule has 0 N–H and O–H groups in total. The number of carbonyl (C=O) groups excluding carboxylic acids is 2. The lowest BCUT2D eigenvalue weighted by Gasteiger charge is -2.31. The molecule has 0 fully saturated rings. The van der Waals surface area contributed by atoms with E-state index in [1.54, 1.807) is 11.0 Å². The molecule has 0 bridgehead atoms. The van der Waals surface area contributed by atoms with E-state index in [1.807, 2.05) is 26.8 Å². The molecule has 1 aliphatic heterocycles. The molecular formula is C16H20BrNO4. The molecule has 6 heteroatoms. The Labute approximate surface area is 138 Å². The van der Waals surface area contributed by atoms with Gasteiger partial charge in [-0.05, 0) is 50.5 Å². The van der Waals surface area contributed by atoms with Gasteiger partial charge < -0.3 is 14.4 Å². The summed E-state index contributed by atoms with van der Waals surface area (Å²) in [5.74, 6) is -0.363. The number of hydrogen-bond donors (Lipinski definition) is 0. The fourth-order valence-electron chi connectivity index (χ4n) is 2.34. The van der Waals surface area contributed by atoms with E-state index in [0.29, 0.717) is 25.1 Å². The molecule has 1 amide bonds. The summed E-state index contributed by atoms with van der Waals surface area (Å²) in [6.45, 7) is 6.58. The van der Waals surface area contributed by atoms with Gasteiger partial charge in [-0.25, -0.2) is 9.59 Å². The third kappa shape index (κ3) is 3.80. The molecule has 0 spiro atoms. The molecule has 1 aromatic carbocycles. The van der Waals surface area contributed by atoms with Gasteiger partial charge in [-0.1, -0.05) is 15.9 Å². The SMILES string of the molecule is COC(=O)c1cc(Br)c2c(c1)CCN(C(=O)OC(C)(C)C)C2. The smallest absolute Gasteiger partial charge is 0.410 e. The molecule has 22 heavy (non-hydrogen) atoms. The number of fused-ring (bicyclic) bond motifs is 1. The number of rotatable bonds is 1. The zero-order valence-electron chi connectivity index (χ0n) is 13.2. The van der Waals surface area contributed by atoms with Gasteiger partial charge >= 0.3 is 12.1 Å². The van der Waals surface area contributed by atoms with E-state index in [4.69, 9.17) is 9.47 Å². The predicted molar refractivity (Wildman–Crippen MR) is 85.8 cm³/mol. The van der Waals surface area contributed by atoms with Crippen molar-refractivity contribution in [2.45, 2.75) is 39.3 Å². The Kier molecular flexibility index (Phi) is 4.80. The summed E-state index contributed by atoms with van der Waals surface area (Å²) >= 11 is 3.48. The van der Waals surface area contributed by atoms with E-state index < -0.39 is 5.60 Å². The molecule has 2 rings (SSSR count). The molecule has 120 valence electrons. The maximum absolute atomic E-state index is 12.2. The van der Waals surface area contributed by atoms with E-state index in [-0.39, 0.29) is 12.1 Å². The minimum atomic E-state index is -0.511. The van der Waals surface area contributed by atoms with Gasteiger partial charge in [0.1, 0.15) is 5.60 Å². The van der Waals surface area contributed by atoms with Crippen molar-refractivity contribution in [3.8, 4) is 0 Å². The van der Waals surface area contributed by atoms with Gasteiger partial charge in [0.2, 0.25) is 0 Å². The zero-order valence-corrected chi connectivity index (χ0v) is 14.8.